The van der Waals surface area contributed by atoms with Crippen molar-refractivity contribution in [1.82, 2.24) is 15.2 Å². The van der Waals surface area contributed by atoms with Crippen LogP contribution in [0.2, 0.25) is 0 Å². The quantitative estimate of drug-likeness (QED) is 0.695. The monoisotopic (exact) mass is 393 g/mol. The van der Waals surface area contributed by atoms with Crippen molar-refractivity contribution in [3.63, 3.8) is 0 Å². The molecule has 0 bridgehead atoms. The maximum atomic E-state index is 12.4. The summed E-state index contributed by atoms with van der Waals surface area (Å²) in [5.74, 6) is 1.16. The van der Waals surface area contributed by atoms with Crippen LogP contribution in [0, 0.1) is 0 Å². The van der Waals surface area contributed by atoms with Crippen LogP contribution in [-0.2, 0) is 17.9 Å². The molecular formula is C21H19N3O3S. The number of amides is 2. The van der Waals surface area contributed by atoms with Crippen molar-refractivity contribution in [3.05, 3.63) is 89.6 Å². The maximum absolute atomic E-state index is 12.4. The molecule has 2 amide bonds. The van der Waals surface area contributed by atoms with Crippen LogP contribution >= 0.6 is 11.8 Å². The van der Waals surface area contributed by atoms with E-state index in [-0.39, 0.29) is 17.2 Å². The lowest BCUT2D eigenvalue weighted by molar-refractivity contribution is -0.128. The van der Waals surface area contributed by atoms with Crippen LogP contribution in [0.15, 0.2) is 71.6 Å². The van der Waals surface area contributed by atoms with Crippen LogP contribution in [0.1, 0.15) is 32.6 Å². The fourth-order valence-electron chi connectivity index (χ4n) is 3.06. The zero-order chi connectivity index (χ0) is 19.3. The van der Waals surface area contributed by atoms with Crippen LogP contribution in [0.4, 0.5) is 0 Å². The molecule has 4 rings (SSSR count). The first-order valence-corrected chi connectivity index (χ1v) is 9.96. The van der Waals surface area contributed by atoms with Crippen molar-refractivity contribution in [2.45, 2.75) is 18.5 Å². The smallest absolute Gasteiger partial charge is 0.251 e. The van der Waals surface area contributed by atoms with Gasteiger partial charge in [0.25, 0.3) is 5.91 Å². The highest BCUT2D eigenvalue weighted by molar-refractivity contribution is 8.00. The van der Waals surface area contributed by atoms with Gasteiger partial charge in [-0.2, -0.15) is 0 Å². The van der Waals surface area contributed by atoms with E-state index in [1.807, 2.05) is 41.3 Å². The van der Waals surface area contributed by atoms with Crippen LogP contribution in [0.25, 0.3) is 0 Å². The molecule has 142 valence electrons. The van der Waals surface area contributed by atoms with E-state index in [1.54, 1.807) is 42.6 Å². The first-order chi connectivity index (χ1) is 13.7. The number of rotatable bonds is 6. The van der Waals surface area contributed by atoms with E-state index in [2.05, 4.69) is 10.3 Å². The van der Waals surface area contributed by atoms with Crippen molar-refractivity contribution in [3.8, 4) is 0 Å². The Morgan fingerprint density at radius 2 is 1.96 bits per heavy atom. The molecule has 0 spiro atoms. The van der Waals surface area contributed by atoms with Crippen molar-refractivity contribution in [2.75, 3.05) is 5.75 Å². The number of furan rings is 1. The molecule has 1 N–H and O–H groups in total. The number of nitrogens with zero attached hydrogens (tertiary/aromatic N) is 2. The predicted octanol–water partition coefficient (Wildman–Crippen LogP) is 3.38. The number of pyridine rings is 1. The van der Waals surface area contributed by atoms with Crippen molar-refractivity contribution >= 4 is 23.6 Å². The molecule has 1 aromatic carbocycles. The molecule has 0 saturated carbocycles. The van der Waals surface area contributed by atoms with Crippen molar-refractivity contribution in [2.24, 2.45) is 0 Å². The van der Waals surface area contributed by atoms with Gasteiger partial charge in [-0.1, -0.05) is 12.1 Å². The fraction of sp³-hybridized carbons (Fsp3) is 0.190. The van der Waals surface area contributed by atoms with Crippen LogP contribution in [0.3, 0.4) is 0 Å². The SMILES string of the molecule is O=C(NCc1ccncc1)c1ccc([C@H]2SCC(=O)N2Cc2ccco2)cc1. The van der Waals surface area contributed by atoms with Gasteiger partial charge in [0.15, 0.2) is 0 Å². The van der Waals surface area contributed by atoms with Gasteiger partial charge in [0.05, 0.1) is 18.6 Å². The lowest BCUT2D eigenvalue weighted by Gasteiger charge is -2.23. The van der Waals surface area contributed by atoms with E-state index in [0.29, 0.717) is 24.4 Å². The number of hydrogen-bond acceptors (Lipinski definition) is 5. The Morgan fingerprint density at radius 3 is 2.68 bits per heavy atom. The Bertz CT molecular complexity index is 943. The minimum Gasteiger partial charge on any atom is -0.467 e. The Balaban J connectivity index is 1.42. The van der Waals surface area contributed by atoms with E-state index in [1.165, 1.54) is 0 Å². The summed E-state index contributed by atoms with van der Waals surface area (Å²) >= 11 is 1.58. The molecule has 1 atom stereocenters. The predicted molar refractivity (Wildman–Crippen MR) is 106 cm³/mol. The van der Waals surface area contributed by atoms with Gasteiger partial charge in [-0.15, -0.1) is 11.8 Å². The molecule has 1 aliphatic rings. The van der Waals surface area contributed by atoms with Gasteiger partial charge in [-0.05, 0) is 47.5 Å². The van der Waals surface area contributed by atoms with Crippen molar-refractivity contribution < 1.29 is 14.0 Å². The highest BCUT2D eigenvalue weighted by Crippen LogP contribution is 2.39. The summed E-state index contributed by atoms with van der Waals surface area (Å²) in [6.45, 7) is 0.894. The Labute approximate surface area is 166 Å². The van der Waals surface area contributed by atoms with Crippen LogP contribution in [0.5, 0.6) is 0 Å². The van der Waals surface area contributed by atoms with Gasteiger partial charge in [0, 0.05) is 24.5 Å². The Hall–Kier alpha value is -3.06. The minimum absolute atomic E-state index is 0.0773. The van der Waals surface area contributed by atoms with E-state index in [9.17, 15) is 9.59 Å². The van der Waals surface area contributed by atoms with E-state index >= 15 is 0 Å². The van der Waals surface area contributed by atoms with Crippen LogP contribution < -0.4 is 5.32 Å². The average molecular weight is 393 g/mol. The van der Waals surface area contributed by atoms with Gasteiger partial charge in [-0.25, -0.2) is 0 Å². The lowest BCUT2D eigenvalue weighted by atomic mass is 10.1. The third-order valence-corrected chi connectivity index (χ3v) is 5.79. The molecule has 2 aromatic heterocycles. The number of carbonyl (C=O) groups excluding carboxylic acids is 2. The molecule has 0 aliphatic carbocycles. The number of carbonyl (C=O) groups is 2. The fourth-order valence-corrected chi connectivity index (χ4v) is 4.24. The topological polar surface area (TPSA) is 75.4 Å². The standard InChI is InChI=1S/C21H19N3O3S/c25-19-14-28-21(24(19)13-18-2-1-11-27-18)17-5-3-16(4-6-17)20(26)23-12-15-7-9-22-10-8-15/h1-11,21H,12-14H2,(H,23,26)/t21-/m1/s1. The number of thioether (sulfide) groups is 1. The third-order valence-electron chi connectivity index (χ3n) is 4.53. The largest absolute Gasteiger partial charge is 0.467 e. The summed E-state index contributed by atoms with van der Waals surface area (Å²) in [6.07, 6.45) is 5.01. The lowest BCUT2D eigenvalue weighted by Crippen LogP contribution is -2.27. The van der Waals surface area contributed by atoms with Gasteiger partial charge in [-0.3, -0.25) is 14.6 Å². The first-order valence-electron chi connectivity index (χ1n) is 8.91. The van der Waals surface area contributed by atoms with E-state index < -0.39 is 0 Å². The molecule has 0 unspecified atom stereocenters. The highest BCUT2D eigenvalue weighted by atomic mass is 32.2. The summed E-state index contributed by atoms with van der Waals surface area (Å²) in [5.41, 5.74) is 2.58. The molecule has 1 saturated heterocycles. The van der Waals surface area contributed by atoms with E-state index in [4.69, 9.17) is 4.42 Å². The highest BCUT2D eigenvalue weighted by Gasteiger charge is 2.33. The average Bonchev–Trinajstić information content (AvgIpc) is 3.38. The molecule has 6 nitrogen and oxygen atoms in total. The third kappa shape index (κ3) is 4.09. The molecule has 0 radical (unpaired) electrons. The minimum atomic E-state index is -0.133. The van der Waals surface area contributed by atoms with Gasteiger partial charge >= 0.3 is 0 Å². The second-order valence-electron chi connectivity index (χ2n) is 6.42. The molecule has 1 fully saturated rings. The molecule has 28 heavy (non-hydrogen) atoms. The summed E-state index contributed by atoms with van der Waals surface area (Å²) in [5, 5.41) is 2.82. The molecular weight excluding hydrogens is 374 g/mol. The zero-order valence-corrected chi connectivity index (χ0v) is 15.9. The first kappa shape index (κ1) is 18.3. The van der Waals surface area contributed by atoms with Gasteiger partial charge < -0.3 is 14.6 Å². The molecule has 3 aromatic rings. The van der Waals surface area contributed by atoms with Crippen LogP contribution in [-0.4, -0.2) is 27.5 Å². The summed E-state index contributed by atoms with van der Waals surface area (Å²) < 4.78 is 5.38. The molecule has 3 heterocycles. The zero-order valence-electron chi connectivity index (χ0n) is 15.1. The van der Waals surface area contributed by atoms with Crippen molar-refractivity contribution in [1.29, 1.82) is 0 Å². The normalized spacial score (nSPS) is 16.4. The molecule has 7 heteroatoms. The van der Waals surface area contributed by atoms with Gasteiger partial charge in [0.2, 0.25) is 5.91 Å². The number of nitrogens with one attached hydrogen (secondary N) is 1. The number of hydrogen-bond donors (Lipinski definition) is 1. The maximum Gasteiger partial charge on any atom is 0.251 e. The van der Waals surface area contributed by atoms with Gasteiger partial charge in [0.1, 0.15) is 11.1 Å². The van der Waals surface area contributed by atoms with E-state index in [0.717, 1.165) is 16.9 Å². The number of aromatic nitrogens is 1. The Morgan fingerprint density at radius 1 is 1.18 bits per heavy atom. The summed E-state index contributed by atoms with van der Waals surface area (Å²) in [7, 11) is 0. The summed E-state index contributed by atoms with van der Waals surface area (Å²) in [4.78, 5) is 30.4. The Kier molecular flexibility index (Phi) is 5.43. The summed E-state index contributed by atoms with van der Waals surface area (Å²) in [6, 6.07) is 14.8. The second-order valence-corrected chi connectivity index (χ2v) is 7.49. The number of benzene rings is 1. The second kappa shape index (κ2) is 8.31. The molecule has 1 aliphatic heterocycles.